The summed E-state index contributed by atoms with van der Waals surface area (Å²) in [6.45, 7) is 0. The molecule has 7 heteroatoms. The van der Waals surface area contributed by atoms with Crippen molar-refractivity contribution in [1.29, 1.82) is 0 Å². The van der Waals surface area contributed by atoms with Crippen LogP contribution in [0.2, 0.25) is 0 Å². The van der Waals surface area contributed by atoms with Gasteiger partial charge in [-0.25, -0.2) is 4.39 Å². The van der Waals surface area contributed by atoms with Gasteiger partial charge in [-0.15, -0.1) is 0 Å². The van der Waals surface area contributed by atoms with E-state index >= 15 is 0 Å². The van der Waals surface area contributed by atoms with E-state index in [2.05, 4.69) is 5.32 Å². The maximum atomic E-state index is 12.9. The maximum Gasteiger partial charge on any atom is 0.251 e. The molecule has 2 atom stereocenters. The molecule has 0 fully saturated rings. The predicted molar refractivity (Wildman–Crippen MR) is 89.2 cm³/mol. The van der Waals surface area contributed by atoms with E-state index in [1.807, 2.05) is 6.07 Å². The van der Waals surface area contributed by atoms with Gasteiger partial charge in [-0.3, -0.25) is 13.8 Å². The van der Waals surface area contributed by atoms with E-state index in [1.165, 1.54) is 12.1 Å². The molecule has 0 aromatic heterocycles. The van der Waals surface area contributed by atoms with Crippen molar-refractivity contribution in [3.63, 3.8) is 0 Å². The van der Waals surface area contributed by atoms with Crippen molar-refractivity contribution in [2.45, 2.75) is 17.4 Å². The molecule has 0 radical (unpaired) electrons. The largest absolute Gasteiger partial charge is 0.368 e. The fourth-order valence-electron chi connectivity index (χ4n) is 2.04. The molecule has 0 aliphatic rings. The van der Waals surface area contributed by atoms with E-state index in [1.54, 1.807) is 24.3 Å². The Kier molecular flexibility index (Phi) is 6.20. The van der Waals surface area contributed by atoms with Crippen LogP contribution < -0.4 is 11.1 Å². The van der Waals surface area contributed by atoms with Gasteiger partial charge in [0.2, 0.25) is 5.91 Å². The van der Waals surface area contributed by atoms with Crippen molar-refractivity contribution in [2.24, 2.45) is 5.73 Å². The summed E-state index contributed by atoms with van der Waals surface area (Å²) in [6.07, 6.45) is 0.143. The molecule has 0 bridgehead atoms. The summed E-state index contributed by atoms with van der Waals surface area (Å²) in [7, 11) is -1.29. The van der Waals surface area contributed by atoms with Crippen molar-refractivity contribution in [1.82, 2.24) is 5.32 Å². The normalized spacial score (nSPS) is 13.0. The number of carbonyl (C=O) groups is 2. The minimum atomic E-state index is -1.29. The number of amides is 2. The van der Waals surface area contributed by atoms with Crippen LogP contribution in [0.3, 0.4) is 0 Å². The number of rotatable bonds is 7. The number of hydrogen-bond acceptors (Lipinski definition) is 3. The third-order valence-electron chi connectivity index (χ3n) is 3.35. The number of benzene rings is 2. The van der Waals surface area contributed by atoms with Gasteiger partial charge in [0.05, 0.1) is 10.8 Å². The van der Waals surface area contributed by atoms with Crippen LogP contribution in [0.4, 0.5) is 4.39 Å². The number of carbonyl (C=O) groups excluding carboxylic acids is 2. The van der Waals surface area contributed by atoms with Crippen molar-refractivity contribution < 1.29 is 18.2 Å². The predicted octanol–water partition coefficient (Wildman–Crippen LogP) is 1.61. The Morgan fingerprint density at radius 1 is 1.08 bits per heavy atom. The number of nitrogens with two attached hydrogens (primary N) is 1. The summed E-state index contributed by atoms with van der Waals surface area (Å²) < 4.78 is 25.0. The fourth-order valence-corrected chi connectivity index (χ4v) is 3.19. The van der Waals surface area contributed by atoms with E-state index in [4.69, 9.17) is 5.73 Å². The highest BCUT2D eigenvalue weighted by atomic mass is 32.2. The lowest BCUT2D eigenvalue weighted by Gasteiger charge is -2.15. The Labute approximate surface area is 141 Å². The Balaban J connectivity index is 1.97. The van der Waals surface area contributed by atoms with Gasteiger partial charge < -0.3 is 11.1 Å². The van der Waals surface area contributed by atoms with E-state index in [-0.39, 0.29) is 17.7 Å². The lowest BCUT2D eigenvalue weighted by Crippen LogP contribution is -2.45. The van der Waals surface area contributed by atoms with Crippen LogP contribution in [0.1, 0.15) is 16.8 Å². The smallest absolute Gasteiger partial charge is 0.251 e. The van der Waals surface area contributed by atoms with Gasteiger partial charge in [-0.05, 0) is 42.8 Å². The minimum absolute atomic E-state index is 0.143. The first-order valence-corrected chi connectivity index (χ1v) is 8.58. The van der Waals surface area contributed by atoms with Gasteiger partial charge in [0.25, 0.3) is 5.91 Å². The second kappa shape index (κ2) is 8.35. The Bertz CT molecular complexity index is 735. The summed E-state index contributed by atoms with van der Waals surface area (Å²) in [6, 6.07) is 12.8. The molecule has 0 saturated carbocycles. The number of primary amides is 1. The van der Waals surface area contributed by atoms with E-state index < -0.39 is 34.5 Å². The van der Waals surface area contributed by atoms with Gasteiger partial charge >= 0.3 is 0 Å². The molecule has 2 amide bonds. The Hall–Kier alpha value is -2.54. The first kappa shape index (κ1) is 17.8. The highest BCUT2D eigenvalue weighted by Gasteiger charge is 2.20. The van der Waals surface area contributed by atoms with Gasteiger partial charge in [-0.2, -0.15) is 0 Å². The molecule has 3 N–H and O–H groups in total. The van der Waals surface area contributed by atoms with Gasteiger partial charge in [0.15, 0.2) is 0 Å². The fraction of sp³-hybridized carbons (Fsp3) is 0.176. The number of halogens is 1. The Morgan fingerprint density at radius 3 is 2.29 bits per heavy atom. The second-order valence-corrected chi connectivity index (χ2v) is 6.66. The van der Waals surface area contributed by atoms with Crippen molar-refractivity contribution >= 4 is 22.6 Å². The van der Waals surface area contributed by atoms with Gasteiger partial charge in [0, 0.05) is 16.2 Å². The molecule has 0 spiro atoms. The van der Waals surface area contributed by atoms with Crippen LogP contribution >= 0.6 is 0 Å². The van der Waals surface area contributed by atoms with Crippen LogP contribution in [0.5, 0.6) is 0 Å². The highest BCUT2D eigenvalue weighted by Crippen LogP contribution is 2.09. The Morgan fingerprint density at radius 2 is 1.71 bits per heavy atom. The topological polar surface area (TPSA) is 89.3 Å². The maximum absolute atomic E-state index is 12.9. The van der Waals surface area contributed by atoms with Crippen LogP contribution in [0.25, 0.3) is 0 Å². The summed E-state index contributed by atoms with van der Waals surface area (Å²) in [5, 5.41) is 2.49. The molecular weight excluding hydrogens is 331 g/mol. The average molecular weight is 348 g/mol. The molecule has 0 unspecified atom stereocenters. The third-order valence-corrected chi connectivity index (χ3v) is 4.76. The van der Waals surface area contributed by atoms with Crippen molar-refractivity contribution in [3.05, 3.63) is 66.0 Å². The van der Waals surface area contributed by atoms with Crippen LogP contribution in [0.15, 0.2) is 59.5 Å². The first-order valence-electron chi connectivity index (χ1n) is 7.26. The molecule has 126 valence electrons. The quantitative estimate of drug-likeness (QED) is 0.796. The van der Waals surface area contributed by atoms with Crippen LogP contribution in [0, 0.1) is 5.82 Å². The summed E-state index contributed by atoms with van der Waals surface area (Å²) in [5.74, 6) is -1.53. The van der Waals surface area contributed by atoms with Crippen LogP contribution in [-0.2, 0) is 15.6 Å². The molecule has 2 rings (SSSR count). The molecule has 0 heterocycles. The monoisotopic (exact) mass is 348 g/mol. The van der Waals surface area contributed by atoms with Gasteiger partial charge in [0.1, 0.15) is 11.9 Å². The van der Waals surface area contributed by atoms with Gasteiger partial charge in [-0.1, -0.05) is 18.2 Å². The average Bonchev–Trinajstić information content (AvgIpc) is 2.59. The van der Waals surface area contributed by atoms with E-state index in [9.17, 15) is 18.2 Å². The SMILES string of the molecule is NC(=O)[C@@H](CC[S@@](=O)c1ccccc1)NC(=O)c1ccc(F)cc1. The van der Waals surface area contributed by atoms with Crippen molar-refractivity contribution in [3.8, 4) is 0 Å². The zero-order chi connectivity index (χ0) is 17.5. The molecular formula is C17H17FN2O3S. The lowest BCUT2D eigenvalue weighted by atomic mass is 10.1. The summed E-state index contributed by atoms with van der Waals surface area (Å²) in [5.41, 5.74) is 5.51. The number of nitrogens with one attached hydrogen (secondary N) is 1. The highest BCUT2D eigenvalue weighted by molar-refractivity contribution is 7.85. The number of hydrogen-bond donors (Lipinski definition) is 2. The van der Waals surface area contributed by atoms with Crippen LogP contribution in [-0.4, -0.2) is 27.8 Å². The molecule has 2 aromatic rings. The molecule has 0 aliphatic carbocycles. The zero-order valence-corrected chi connectivity index (χ0v) is 13.6. The zero-order valence-electron chi connectivity index (χ0n) is 12.8. The summed E-state index contributed by atoms with van der Waals surface area (Å²) in [4.78, 5) is 24.2. The molecule has 0 aliphatic heterocycles. The molecule has 24 heavy (non-hydrogen) atoms. The third kappa shape index (κ3) is 4.99. The first-order chi connectivity index (χ1) is 11.5. The lowest BCUT2D eigenvalue weighted by molar-refractivity contribution is -0.119. The van der Waals surface area contributed by atoms with E-state index in [0.29, 0.717) is 4.90 Å². The molecule has 2 aromatic carbocycles. The summed E-state index contributed by atoms with van der Waals surface area (Å²) >= 11 is 0. The molecule has 5 nitrogen and oxygen atoms in total. The van der Waals surface area contributed by atoms with Crippen molar-refractivity contribution in [2.75, 3.05) is 5.75 Å². The van der Waals surface area contributed by atoms with E-state index in [0.717, 1.165) is 12.1 Å². The standard InChI is InChI=1S/C17H17FN2O3S/c18-13-8-6-12(7-9-13)17(22)20-15(16(19)21)10-11-24(23)14-4-2-1-3-5-14/h1-9,15H,10-11H2,(H2,19,21)(H,20,22)/t15-,24-/m1/s1. The second-order valence-electron chi connectivity index (χ2n) is 5.09. The molecule has 0 saturated heterocycles. The minimum Gasteiger partial charge on any atom is -0.368 e.